The average molecular weight is 355 g/mol. The van der Waals surface area contributed by atoms with Crippen molar-refractivity contribution in [2.45, 2.75) is 45.0 Å². The summed E-state index contributed by atoms with van der Waals surface area (Å²) in [7, 11) is 0. The summed E-state index contributed by atoms with van der Waals surface area (Å²) in [5, 5.41) is 3.82. The van der Waals surface area contributed by atoms with E-state index < -0.39 is 22.7 Å². The van der Waals surface area contributed by atoms with Crippen molar-refractivity contribution in [2.75, 3.05) is 6.61 Å². The summed E-state index contributed by atoms with van der Waals surface area (Å²) in [5.41, 5.74) is 4.62. The number of hydrogen-bond donors (Lipinski definition) is 1. The Morgan fingerprint density at radius 1 is 1.36 bits per heavy atom. The van der Waals surface area contributed by atoms with Crippen LogP contribution in [0.4, 0.5) is 13.2 Å². The Balaban J connectivity index is 1.89. The van der Waals surface area contributed by atoms with Crippen LogP contribution in [0.15, 0.2) is 28.8 Å². The first-order chi connectivity index (χ1) is 11.6. The molecule has 25 heavy (non-hydrogen) atoms. The number of rotatable bonds is 4. The van der Waals surface area contributed by atoms with Crippen LogP contribution in [0.25, 0.3) is 11.4 Å². The van der Waals surface area contributed by atoms with Gasteiger partial charge in [0.25, 0.3) is 0 Å². The van der Waals surface area contributed by atoms with Crippen LogP contribution >= 0.6 is 0 Å². The van der Waals surface area contributed by atoms with Crippen molar-refractivity contribution < 1.29 is 22.4 Å². The highest BCUT2D eigenvalue weighted by molar-refractivity contribution is 5.56. The maximum atomic E-state index is 12.9. The van der Waals surface area contributed by atoms with E-state index in [-0.39, 0.29) is 23.4 Å². The van der Waals surface area contributed by atoms with E-state index in [1.54, 1.807) is 0 Å². The van der Waals surface area contributed by atoms with Gasteiger partial charge >= 0.3 is 6.18 Å². The molecule has 1 saturated carbocycles. The number of aromatic nitrogens is 2. The molecule has 1 aromatic carbocycles. The van der Waals surface area contributed by atoms with Crippen molar-refractivity contribution >= 4 is 0 Å². The molecule has 1 aliphatic carbocycles. The highest BCUT2D eigenvalue weighted by Crippen LogP contribution is 2.55. The molecule has 2 aromatic rings. The van der Waals surface area contributed by atoms with Gasteiger partial charge in [-0.1, -0.05) is 31.1 Å². The molecule has 3 rings (SSSR count). The maximum Gasteiger partial charge on any atom is 0.416 e. The standard InChI is InChI=1S/C17H20F3N3O2/c1-4-24-12-9-16(21,15(12,2)3)14-22-13(23-25-14)10-6-5-7-11(8-10)17(18,19)20/h5-8,12H,4,9,21H2,1-3H3. The van der Waals surface area contributed by atoms with Crippen molar-refractivity contribution in [1.82, 2.24) is 10.1 Å². The lowest BCUT2D eigenvalue weighted by Crippen LogP contribution is -2.67. The lowest BCUT2D eigenvalue weighted by molar-refractivity contribution is -0.162. The first-order valence-corrected chi connectivity index (χ1v) is 8.02. The van der Waals surface area contributed by atoms with Crippen LogP contribution in [0.5, 0.6) is 0 Å². The molecule has 8 heteroatoms. The van der Waals surface area contributed by atoms with Gasteiger partial charge in [-0.3, -0.25) is 0 Å². The number of nitrogens with zero attached hydrogens (tertiary/aromatic N) is 2. The molecule has 2 unspecified atom stereocenters. The average Bonchev–Trinajstić information content (AvgIpc) is 3.04. The highest BCUT2D eigenvalue weighted by atomic mass is 19.4. The van der Waals surface area contributed by atoms with E-state index in [1.165, 1.54) is 12.1 Å². The van der Waals surface area contributed by atoms with Gasteiger partial charge in [0.2, 0.25) is 11.7 Å². The van der Waals surface area contributed by atoms with Crippen LogP contribution in [0.1, 0.15) is 38.6 Å². The van der Waals surface area contributed by atoms with E-state index in [0.29, 0.717) is 13.0 Å². The number of benzene rings is 1. The number of hydrogen-bond acceptors (Lipinski definition) is 5. The molecule has 2 N–H and O–H groups in total. The van der Waals surface area contributed by atoms with E-state index >= 15 is 0 Å². The second kappa shape index (κ2) is 5.81. The normalized spacial score (nSPS) is 25.6. The molecule has 2 atom stereocenters. The molecule has 0 amide bonds. The predicted molar refractivity (Wildman–Crippen MR) is 84.4 cm³/mol. The van der Waals surface area contributed by atoms with Crippen LogP contribution in [0.3, 0.4) is 0 Å². The molecule has 136 valence electrons. The quantitative estimate of drug-likeness (QED) is 0.904. The summed E-state index contributed by atoms with van der Waals surface area (Å²) < 4.78 is 49.5. The van der Waals surface area contributed by atoms with E-state index in [0.717, 1.165) is 12.1 Å². The van der Waals surface area contributed by atoms with Gasteiger partial charge in [0, 0.05) is 24.0 Å². The van der Waals surface area contributed by atoms with Gasteiger partial charge in [0.15, 0.2) is 0 Å². The highest BCUT2D eigenvalue weighted by Gasteiger charge is 2.62. The molecule has 0 saturated heterocycles. The van der Waals surface area contributed by atoms with Crippen molar-refractivity contribution in [3.63, 3.8) is 0 Å². The summed E-state index contributed by atoms with van der Waals surface area (Å²) in [5.74, 6) is 0.294. The molecule has 1 aliphatic rings. The monoisotopic (exact) mass is 355 g/mol. The molecule has 1 heterocycles. The van der Waals surface area contributed by atoms with Crippen molar-refractivity contribution in [1.29, 1.82) is 0 Å². The zero-order valence-corrected chi connectivity index (χ0v) is 14.2. The molecular formula is C17H20F3N3O2. The van der Waals surface area contributed by atoms with Gasteiger partial charge in [0.05, 0.1) is 11.7 Å². The molecule has 0 spiro atoms. The third-order valence-corrected chi connectivity index (χ3v) is 5.09. The zero-order chi connectivity index (χ0) is 18.5. The topological polar surface area (TPSA) is 74.2 Å². The smallest absolute Gasteiger partial charge is 0.378 e. The SMILES string of the molecule is CCOC1CC(N)(c2nc(-c3cccc(C(F)(F)F)c3)no2)C1(C)C. The van der Waals surface area contributed by atoms with Crippen LogP contribution in [-0.2, 0) is 16.5 Å². The van der Waals surface area contributed by atoms with Gasteiger partial charge in [-0.2, -0.15) is 18.2 Å². The fourth-order valence-electron chi connectivity index (χ4n) is 3.15. The van der Waals surface area contributed by atoms with Crippen LogP contribution in [0.2, 0.25) is 0 Å². The molecule has 1 fully saturated rings. The second-order valence-corrected chi connectivity index (χ2v) is 6.84. The largest absolute Gasteiger partial charge is 0.416 e. The summed E-state index contributed by atoms with van der Waals surface area (Å²) in [4.78, 5) is 4.26. The maximum absolute atomic E-state index is 12.9. The van der Waals surface area contributed by atoms with E-state index in [2.05, 4.69) is 10.1 Å². The van der Waals surface area contributed by atoms with Crippen LogP contribution in [0, 0.1) is 5.41 Å². The summed E-state index contributed by atoms with van der Waals surface area (Å²) >= 11 is 0. The molecule has 0 radical (unpaired) electrons. The third-order valence-electron chi connectivity index (χ3n) is 5.09. The molecular weight excluding hydrogens is 335 g/mol. The van der Waals surface area contributed by atoms with Gasteiger partial charge in [-0.05, 0) is 19.1 Å². The lowest BCUT2D eigenvalue weighted by atomic mass is 9.54. The Morgan fingerprint density at radius 2 is 2.08 bits per heavy atom. The Labute approximate surface area is 143 Å². The van der Waals surface area contributed by atoms with Crippen LogP contribution in [-0.4, -0.2) is 22.9 Å². The number of ether oxygens (including phenoxy) is 1. The summed E-state index contributed by atoms with van der Waals surface area (Å²) in [6.07, 6.45) is -3.96. The number of nitrogens with two attached hydrogens (primary N) is 1. The summed E-state index contributed by atoms with van der Waals surface area (Å²) in [6, 6.07) is 4.80. The Hall–Kier alpha value is -1.93. The Morgan fingerprint density at radius 3 is 2.68 bits per heavy atom. The minimum Gasteiger partial charge on any atom is -0.378 e. The van der Waals surface area contributed by atoms with Gasteiger partial charge in [-0.25, -0.2) is 0 Å². The second-order valence-electron chi connectivity index (χ2n) is 6.84. The van der Waals surface area contributed by atoms with E-state index in [1.807, 2.05) is 20.8 Å². The van der Waals surface area contributed by atoms with Crippen molar-refractivity contribution in [3.05, 3.63) is 35.7 Å². The number of halogens is 3. The molecule has 5 nitrogen and oxygen atoms in total. The van der Waals surface area contributed by atoms with Gasteiger partial charge in [0.1, 0.15) is 5.54 Å². The summed E-state index contributed by atoms with van der Waals surface area (Å²) in [6.45, 7) is 6.38. The third kappa shape index (κ3) is 2.83. The van der Waals surface area contributed by atoms with Crippen LogP contribution < -0.4 is 5.73 Å². The minimum atomic E-state index is -4.43. The van der Waals surface area contributed by atoms with Crippen molar-refractivity contribution in [3.8, 4) is 11.4 Å². The first kappa shape index (κ1) is 17.9. The van der Waals surface area contributed by atoms with Crippen molar-refractivity contribution in [2.24, 2.45) is 11.1 Å². The zero-order valence-electron chi connectivity index (χ0n) is 14.2. The molecule has 0 bridgehead atoms. The van der Waals surface area contributed by atoms with E-state index in [9.17, 15) is 13.2 Å². The fraction of sp³-hybridized carbons (Fsp3) is 0.529. The van der Waals surface area contributed by atoms with E-state index in [4.69, 9.17) is 15.0 Å². The lowest BCUT2D eigenvalue weighted by Gasteiger charge is -2.56. The number of alkyl halides is 3. The predicted octanol–water partition coefficient (Wildman–Crippen LogP) is 3.74. The van der Waals surface area contributed by atoms with Gasteiger partial charge < -0.3 is 15.0 Å². The first-order valence-electron chi connectivity index (χ1n) is 8.02. The fourth-order valence-corrected chi connectivity index (χ4v) is 3.15. The minimum absolute atomic E-state index is 0.0357. The molecule has 1 aromatic heterocycles. The molecule has 0 aliphatic heterocycles. The Bertz CT molecular complexity index is 772. The Kier molecular flexibility index (Phi) is 4.15. The van der Waals surface area contributed by atoms with Gasteiger partial charge in [-0.15, -0.1) is 0 Å².